The molecule has 86 valence electrons. The third-order valence-corrected chi connectivity index (χ3v) is 3.37. The molecule has 16 heavy (non-hydrogen) atoms. The molecule has 0 atom stereocenters. The SMILES string of the molecule is Cc1noc(C)c1Cc1nc(CCO)cs1. The van der Waals surface area contributed by atoms with Gasteiger partial charge in [0.05, 0.1) is 16.4 Å². The zero-order chi connectivity index (χ0) is 11.5. The van der Waals surface area contributed by atoms with Gasteiger partial charge in [-0.15, -0.1) is 11.3 Å². The number of hydrogen-bond donors (Lipinski definition) is 1. The van der Waals surface area contributed by atoms with E-state index in [0.29, 0.717) is 6.42 Å². The maximum absolute atomic E-state index is 8.81. The maximum Gasteiger partial charge on any atom is 0.137 e. The number of aromatic nitrogens is 2. The van der Waals surface area contributed by atoms with Crippen molar-refractivity contribution in [2.24, 2.45) is 0 Å². The second-order valence-electron chi connectivity index (χ2n) is 3.69. The Kier molecular flexibility index (Phi) is 3.36. The smallest absolute Gasteiger partial charge is 0.137 e. The number of hydrogen-bond acceptors (Lipinski definition) is 5. The summed E-state index contributed by atoms with van der Waals surface area (Å²) in [4.78, 5) is 4.45. The van der Waals surface area contributed by atoms with Gasteiger partial charge in [-0.05, 0) is 13.8 Å². The van der Waals surface area contributed by atoms with Gasteiger partial charge in [0.1, 0.15) is 5.76 Å². The molecule has 0 fully saturated rings. The molecule has 0 radical (unpaired) electrons. The zero-order valence-electron chi connectivity index (χ0n) is 9.36. The summed E-state index contributed by atoms with van der Waals surface area (Å²) in [5, 5.41) is 15.8. The molecule has 4 nitrogen and oxygen atoms in total. The Morgan fingerprint density at radius 1 is 1.44 bits per heavy atom. The summed E-state index contributed by atoms with van der Waals surface area (Å²) in [5.74, 6) is 0.858. The summed E-state index contributed by atoms with van der Waals surface area (Å²) in [6.45, 7) is 4.00. The van der Waals surface area contributed by atoms with Crippen LogP contribution in [0.4, 0.5) is 0 Å². The quantitative estimate of drug-likeness (QED) is 0.883. The molecular formula is C11H14N2O2S. The van der Waals surface area contributed by atoms with E-state index in [1.165, 1.54) is 0 Å². The molecule has 0 amide bonds. The first kappa shape index (κ1) is 11.3. The molecule has 0 aliphatic rings. The van der Waals surface area contributed by atoms with Gasteiger partial charge in [-0.3, -0.25) is 0 Å². The molecule has 0 spiro atoms. The van der Waals surface area contributed by atoms with Crippen molar-refractivity contribution in [3.63, 3.8) is 0 Å². The van der Waals surface area contributed by atoms with E-state index in [-0.39, 0.29) is 6.61 Å². The van der Waals surface area contributed by atoms with E-state index in [1.54, 1.807) is 11.3 Å². The van der Waals surface area contributed by atoms with E-state index >= 15 is 0 Å². The lowest BCUT2D eigenvalue weighted by atomic mass is 10.1. The lowest BCUT2D eigenvalue weighted by molar-refractivity contribution is 0.298. The molecule has 0 bridgehead atoms. The van der Waals surface area contributed by atoms with E-state index in [4.69, 9.17) is 9.63 Å². The van der Waals surface area contributed by atoms with Crippen LogP contribution in [0, 0.1) is 13.8 Å². The van der Waals surface area contributed by atoms with Crippen LogP contribution in [0.1, 0.15) is 27.7 Å². The summed E-state index contributed by atoms with van der Waals surface area (Å²) < 4.78 is 5.11. The van der Waals surface area contributed by atoms with E-state index in [2.05, 4.69) is 10.1 Å². The highest BCUT2D eigenvalue weighted by Gasteiger charge is 2.11. The van der Waals surface area contributed by atoms with Gasteiger partial charge in [0.25, 0.3) is 0 Å². The van der Waals surface area contributed by atoms with E-state index in [1.807, 2.05) is 19.2 Å². The van der Waals surface area contributed by atoms with Crippen molar-refractivity contribution >= 4 is 11.3 Å². The van der Waals surface area contributed by atoms with Crippen molar-refractivity contribution in [3.05, 3.63) is 33.1 Å². The Labute approximate surface area is 97.9 Å². The molecule has 0 aliphatic carbocycles. The molecule has 0 saturated carbocycles. The molecule has 2 aromatic heterocycles. The first-order valence-electron chi connectivity index (χ1n) is 5.16. The fraction of sp³-hybridized carbons (Fsp3) is 0.455. The zero-order valence-corrected chi connectivity index (χ0v) is 10.2. The molecule has 5 heteroatoms. The van der Waals surface area contributed by atoms with Crippen molar-refractivity contribution in [1.82, 2.24) is 10.1 Å². The van der Waals surface area contributed by atoms with Gasteiger partial charge in [0.2, 0.25) is 0 Å². The highest BCUT2D eigenvalue weighted by Crippen LogP contribution is 2.20. The minimum absolute atomic E-state index is 0.147. The van der Waals surface area contributed by atoms with Crippen LogP contribution >= 0.6 is 11.3 Å². The largest absolute Gasteiger partial charge is 0.396 e. The van der Waals surface area contributed by atoms with Crippen molar-refractivity contribution in [3.8, 4) is 0 Å². The number of aryl methyl sites for hydroxylation is 2. The van der Waals surface area contributed by atoms with Crippen LogP contribution in [0.5, 0.6) is 0 Å². The predicted molar refractivity (Wildman–Crippen MR) is 61.7 cm³/mol. The Bertz CT molecular complexity index is 457. The minimum atomic E-state index is 0.147. The van der Waals surface area contributed by atoms with E-state index in [9.17, 15) is 0 Å². The number of aliphatic hydroxyl groups is 1. The highest BCUT2D eigenvalue weighted by molar-refractivity contribution is 7.09. The molecule has 2 aromatic rings. The van der Waals surface area contributed by atoms with Crippen molar-refractivity contribution < 1.29 is 9.63 Å². The summed E-state index contributed by atoms with van der Waals surface area (Å²) >= 11 is 1.61. The first-order valence-corrected chi connectivity index (χ1v) is 6.04. The third-order valence-electron chi connectivity index (χ3n) is 2.48. The molecule has 0 saturated heterocycles. The van der Waals surface area contributed by atoms with E-state index < -0.39 is 0 Å². The van der Waals surface area contributed by atoms with Crippen LogP contribution < -0.4 is 0 Å². The second kappa shape index (κ2) is 4.76. The number of nitrogens with zero attached hydrogens (tertiary/aromatic N) is 2. The number of thiazole rings is 1. The molecule has 0 unspecified atom stereocenters. The molecule has 1 N–H and O–H groups in total. The maximum atomic E-state index is 8.81. The van der Waals surface area contributed by atoms with Gasteiger partial charge in [-0.1, -0.05) is 5.16 Å². The van der Waals surface area contributed by atoms with Gasteiger partial charge in [-0.25, -0.2) is 4.98 Å². The Hall–Kier alpha value is -1.20. The molecular weight excluding hydrogens is 224 g/mol. The molecule has 2 heterocycles. The Balaban J connectivity index is 2.14. The summed E-state index contributed by atoms with van der Waals surface area (Å²) in [6, 6.07) is 0. The normalized spacial score (nSPS) is 10.9. The van der Waals surface area contributed by atoms with Gasteiger partial charge < -0.3 is 9.63 Å². The van der Waals surface area contributed by atoms with Crippen molar-refractivity contribution in [2.45, 2.75) is 26.7 Å². The fourth-order valence-electron chi connectivity index (χ4n) is 1.56. The van der Waals surface area contributed by atoms with Crippen LogP contribution in [-0.4, -0.2) is 21.9 Å². The lowest BCUT2D eigenvalue weighted by Crippen LogP contribution is -1.94. The van der Waals surface area contributed by atoms with Crippen LogP contribution in [0.3, 0.4) is 0 Å². The minimum Gasteiger partial charge on any atom is -0.396 e. The predicted octanol–water partition coefficient (Wildman–Crippen LogP) is 1.87. The topological polar surface area (TPSA) is 59.2 Å². The third kappa shape index (κ3) is 2.31. The summed E-state index contributed by atoms with van der Waals surface area (Å²) in [7, 11) is 0. The lowest BCUT2D eigenvalue weighted by Gasteiger charge is -1.95. The van der Waals surface area contributed by atoms with Gasteiger partial charge in [0.15, 0.2) is 0 Å². The molecule has 0 aliphatic heterocycles. The standard InChI is InChI=1S/C11H14N2O2S/c1-7-10(8(2)15-13-7)5-11-12-9(3-4-14)6-16-11/h6,14H,3-5H2,1-2H3. The monoisotopic (exact) mass is 238 g/mol. The van der Waals surface area contributed by atoms with Crippen LogP contribution in [-0.2, 0) is 12.8 Å². The van der Waals surface area contributed by atoms with Gasteiger partial charge in [-0.2, -0.15) is 0 Å². The first-order chi connectivity index (χ1) is 7.70. The van der Waals surface area contributed by atoms with Crippen LogP contribution in [0.15, 0.2) is 9.90 Å². The molecule has 2 rings (SSSR count). The van der Waals surface area contributed by atoms with Crippen molar-refractivity contribution in [1.29, 1.82) is 0 Å². The second-order valence-corrected chi connectivity index (χ2v) is 4.63. The van der Waals surface area contributed by atoms with E-state index in [0.717, 1.165) is 34.1 Å². The average molecular weight is 238 g/mol. The van der Waals surface area contributed by atoms with Gasteiger partial charge >= 0.3 is 0 Å². The Morgan fingerprint density at radius 2 is 2.25 bits per heavy atom. The Morgan fingerprint density at radius 3 is 2.88 bits per heavy atom. The average Bonchev–Trinajstić information content (AvgIpc) is 2.81. The molecule has 0 aromatic carbocycles. The summed E-state index contributed by atoms with van der Waals surface area (Å²) in [5.41, 5.74) is 3.00. The van der Waals surface area contributed by atoms with Gasteiger partial charge in [0, 0.05) is 30.4 Å². The summed E-state index contributed by atoms with van der Waals surface area (Å²) in [6.07, 6.45) is 1.38. The fourth-order valence-corrected chi connectivity index (χ4v) is 2.41. The number of rotatable bonds is 4. The van der Waals surface area contributed by atoms with Crippen LogP contribution in [0.25, 0.3) is 0 Å². The number of aliphatic hydroxyl groups excluding tert-OH is 1. The van der Waals surface area contributed by atoms with Crippen molar-refractivity contribution in [2.75, 3.05) is 6.61 Å². The van der Waals surface area contributed by atoms with Crippen LogP contribution in [0.2, 0.25) is 0 Å². The highest BCUT2D eigenvalue weighted by atomic mass is 32.1.